The summed E-state index contributed by atoms with van der Waals surface area (Å²) in [6, 6.07) is 12.2. The number of rotatable bonds is 3. The second-order valence-electron chi connectivity index (χ2n) is 7.06. The van der Waals surface area contributed by atoms with Gasteiger partial charge >= 0.3 is 6.18 Å². The summed E-state index contributed by atoms with van der Waals surface area (Å²) in [5.74, 6) is 1.01. The molecule has 26 heavy (non-hydrogen) atoms. The topological polar surface area (TPSA) is 31.9 Å². The molecular weight excluding hydrogens is 339 g/mol. The first kappa shape index (κ1) is 17.1. The van der Waals surface area contributed by atoms with Crippen LogP contribution in [0.2, 0.25) is 0 Å². The molecule has 1 atom stereocenters. The van der Waals surface area contributed by atoms with Crippen LogP contribution in [0.3, 0.4) is 0 Å². The van der Waals surface area contributed by atoms with Crippen LogP contribution in [0.4, 0.5) is 13.2 Å². The van der Waals surface area contributed by atoms with Crippen molar-refractivity contribution in [1.29, 1.82) is 0 Å². The first-order chi connectivity index (χ1) is 12.4. The second-order valence-corrected chi connectivity index (χ2v) is 7.06. The van der Waals surface area contributed by atoms with Crippen molar-refractivity contribution in [2.24, 2.45) is 0 Å². The minimum atomic E-state index is -4.34. The molecule has 1 N–H and O–H groups in total. The molecule has 1 saturated heterocycles. The maximum Gasteiger partial charge on any atom is 0.416 e. The molecular formula is C20H20F3N3. The Kier molecular flexibility index (Phi) is 4.23. The van der Waals surface area contributed by atoms with Gasteiger partial charge in [-0.3, -0.25) is 4.90 Å². The lowest BCUT2D eigenvalue weighted by Crippen LogP contribution is -2.19. The van der Waals surface area contributed by atoms with Crippen molar-refractivity contribution in [1.82, 2.24) is 14.9 Å². The van der Waals surface area contributed by atoms with Gasteiger partial charge in [0.2, 0.25) is 0 Å². The van der Waals surface area contributed by atoms with Crippen molar-refractivity contribution >= 4 is 11.0 Å². The number of halogens is 3. The average Bonchev–Trinajstić information content (AvgIpc) is 3.22. The number of H-pyrrole nitrogens is 1. The van der Waals surface area contributed by atoms with E-state index in [-0.39, 0.29) is 5.92 Å². The third-order valence-electron chi connectivity index (χ3n) is 5.01. The van der Waals surface area contributed by atoms with E-state index in [2.05, 4.69) is 46.1 Å². The van der Waals surface area contributed by atoms with Crippen LogP contribution in [0.5, 0.6) is 0 Å². The molecule has 136 valence electrons. The standard InChI is InChI=1S/C20H20F3N3/c1-13-2-4-14(5-3-13)11-26-9-8-15(12-26)19-24-17-7-6-16(20(21,22)23)10-18(17)25-19/h2-7,10,15H,8-9,11-12H2,1H3,(H,24,25). The molecule has 2 heterocycles. The Hall–Kier alpha value is -2.34. The second kappa shape index (κ2) is 6.43. The fourth-order valence-electron chi connectivity index (χ4n) is 3.55. The van der Waals surface area contributed by atoms with Gasteiger partial charge in [-0.2, -0.15) is 13.2 Å². The van der Waals surface area contributed by atoms with Gasteiger partial charge < -0.3 is 4.98 Å². The van der Waals surface area contributed by atoms with Gasteiger partial charge in [0.25, 0.3) is 0 Å². The Morgan fingerprint density at radius 1 is 1.15 bits per heavy atom. The van der Waals surface area contributed by atoms with Crippen LogP contribution in [0.15, 0.2) is 42.5 Å². The number of hydrogen-bond donors (Lipinski definition) is 1. The van der Waals surface area contributed by atoms with Crippen molar-refractivity contribution in [2.45, 2.75) is 32.0 Å². The predicted molar refractivity (Wildman–Crippen MR) is 94.9 cm³/mol. The highest BCUT2D eigenvalue weighted by molar-refractivity contribution is 5.76. The van der Waals surface area contributed by atoms with E-state index in [0.717, 1.165) is 44.0 Å². The zero-order valence-electron chi connectivity index (χ0n) is 14.5. The minimum absolute atomic E-state index is 0.224. The van der Waals surface area contributed by atoms with E-state index < -0.39 is 11.7 Å². The zero-order valence-corrected chi connectivity index (χ0v) is 14.5. The zero-order chi connectivity index (χ0) is 18.3. The summed E-state index contributed by atoms with van der Waals surface area (Å²) < 4.78 is 38.6. The summed E-state index contributed by atoms with van der Waals surface area (Å²) in [6.45, 7) is 4.78. The number of nitrogens with zero attached hydrogens (tertiary/aromatic N) is 2. The van der Waals surface area contributed by atoms with E-state index in [1.165, 1.54) is 17.2 Å². The average molecular weight is 359 g/mol. The number of aromatic nitrogens is 2. The lowest BCUT2D eigenvalue weighted by atomic mass is 10.1. The van der Waals surface area contributed by atoms with Crippen LogP contribution < -0.4 is 0 Å². The van der Waals surface area contributed by atoms with Crippen LogP contribution in [0, 0.1) is 6.92 Å². The van der Waals surface area contributed by atoms with Crippen LogP contribution in [0.1, 0.15) is 34.9 Å². The number of benzene rings is 2. The number of hydrogen-bond acceptors (Lipinski definition) is 2. The number of likely N-dealkylation sites (tertiary alicyclic amines) is 1. The van der Waals surface area contributed by atoms with Crippen LogP contribution in [0.25, 0.3) is 11.0 Å². The first-order valence-electron chi connectivity index (χ1n) is 8.73. The summed E-state index contributed by atoms with van der Waals surface area (Å²) >= 11 is 0. The summed E-state index contributed by atoms with van der Waals surface area (Å²) in [5, 5.41) is 0. The monoisotopic (exact) mass is 359 g/mol. The summed E-state index contributed by atoms with van der Waals surface area (Å²) in [7, 11) is 0. The summed E-state index contributed by atoms with van der Waals surface area (Å²) in [5.41, 5.74) is 2.91. The van der Waals surface area contributed by atoms with Gasteiger partial charge in [-0.1, -0.05) is 29.8 Å². The molecule has 1 aliphatic heterocycles. The van der Waals surface area contributed by atoms with Gasteiger partial charge in [-0.25, -0.2) is 4.98 Å². The largest absolute Gasteiger partial charge is 0.416 e. The maximum atomic E-state index is 12.9. The Balaban J connectivity index is 1.48. The lowest BCUT2D eigenvalue weighted by Gasteiger charge is -2.15. The minimum Gasteiger partial charge on any atom is -0.342 e. The molecule has 1 fully saturated rings. The molecule has 0 aliphatic carbocycles. The van der Waals surface area contributed by atoms with E-state index in [0.29, 0.717) is 11.0 Å². The van der Waals surface area contributed by atoms with Crippen LogP contribution >= 0.6 is 0 Å². The molecule has 0 bridgehead atoms. The van der Waals surface area contributed by atoms with Crippen LogP contribution in [-0.2, 0) is 12.7 Å². The molecule has 4 rings (SSSR count). The molecule has 1 aromatic heterocycles. The molecule has 3 aromatic rings. The molecule has 0 radical (unpaired) electrons. The Labute approximate surface area is 149 Å². The van der Waals surface area contributed by atoms with E-state index in [1.54, 1.807) is 0 Å². The van der Waals surface area contributed by atoms with E-state index in [1.807, 2.05) is 0 Å². The van der Waals surface area contributed by atoms with Crippen molar-refractivity contribution < 1.29 is 13.2 Å². The highest BCUT2D eigenvalue weighted by Crippen LogP contribution is 2.32. The van der Waals surface area contributed by atoms with Crippen molar-refractivity contribution in [3.8, 4) is 0 Å². The third-order valence-corrected chi connectivity index (χ3v) is 5.01. The number of alkyl halides is 3. The molecule has 0 spiro atoms. The van der Waals surface area contributed by atoms with Gasteiger partial charge in [0.05, 0.1) is 16.6 Å². The number of imidazole rings is 1. The van der Waals surface area contributed by atoms with Gasteiger partial charge in [0.1, 0.15) is 5.82 Å². The van der Waals surface area contributed by atoms with Gasteiger partial charge in [0, 0.05) is 19.0 Å². The van der Waals surface area contributed by atoms with Crippen molar-refractivity contribution in [3.63, 3.8) is 0 Å². The molecule has 0 amide bonds. The highest BCUT2D eigenvalue weighted by Gasteiger charge is 2.31. The highest BCUT2D eigenvalue weighted by atomic mass is 19.4. The van der Waals surface area contributed by atoms with Crippen LogP contribution in [-0.4, -0.2) is 28.0 Å². The van der Waals surface area contributed by atoms with E-state index >= 15 is 0 Å². The fourth-order valence-corrected chi connectivity index (χ4v) is 3.55. The normalized spacial score (nSPS) is 18.7. The fraction of sp³-hybridized carbons (Fsp3) is 0.350. The van der Waals surface area contributed by atoms with Crippen molar-refractivity contribution in [3.05, 3.63) is 65.0 Å². The number of aryl methyl sites for hydroxylation is 1. The SMILES string of the molecule is Cc1ccc(CN2CCC(c3nc4ccc(C(F)(F)F)cc4[nH]3)C2)cc1. The smallest absolute Gasteiger partial charge is 0.342 e. The van der Waals surface area contributed by atoms with E-state index in [9.17, 15) is 13.2 Å². The van der Waals surface area contributed by atoms with Gasteiger partial charge in [-0.05, 0) is 43.7 Å². The predicted octanol–water partition coefficient (Wildman–Crippen LogP) is 4.88. The number of fused-ring (bicyclic) bond motifs is 1. The van der Waals surface area contributed by atoms with E-state index in [4.69, 9.17) is 0 Å². The summed E-state index contributed by atoms with van der Waals surface area (Å²) in [6.07, 6.45) is -3.38. The lowest BCUT2D eigenvalue weighted by molar-refractivity contribution is -0.137. The molecule has 3 nitrogen and oxygen atoms in total. The summed E-state index contributed by atoms with van der Waals surface area (Å²) in [4.78, 5) is 9.99. The quantitative estimate of drug-likeness (QED) is 0.723. The number of aromatic amines is 1. The Morgan fingerprint density at radius 2 is 1.92 bits per heavy atom. The molecule has 2 aromatic carbocycles. The molecule has 1 unspecified atom stereocenters. The molecule has 1 aliphatic rings. The van der Waals surface area contributed by atoms with Gasteiger partial charge in [-0.15, -0.1) is 0 Å². The Bertz CT molecular complexity index is 912. The third kappa shape index (κ3) is 3.46. The molecule has 6 heteroatoms. The first-order valence-corrected chi connectivity index (χ1v) is 8.73. The van der Waals surface area contributed by atoms with Crippen molar-refractivity contribution in [2.75, 3.05) is 13.1 Å². The number of nitrogens with one attached hydrogen (secondary N) is 1. The van der Waals surface area contributed by atoms with Gasteiger partial charge in [0.15, 0.2) is 0 Å². The Morgan fingerprint density at radius 3 is 2.65 bits per heavy atom. The molecule has 0 saturated carbocycles. The maximum absolute atomic E-state index is 12.9.